The predicted octanol–water partition coefficient (Wildman–Crippen LogP) is 4.05. The van der Waals surface area contributed by atoms with Crippen molar-refractivity contribution in [1.29, 1.82) is 0 Å². The van der Waals surface area contributed by atoms with Gasteiger partial charge in [-0.2, -0.15) is 0 Å². The molecule has 0 unspecified atom stereocenters. The second-order valence-electron chi connectivity index (χ2n) is 4.47. The minimum atomic E-state index is 0. The molecule has 0 saturated carbocycles. The number of benzene rings is 2. The molecule has 2 rings (SSSR count). The van der Waals surface area contributed by atoms with Crippen LogP contribution in [0.5, 0.6) is 0 Å². The SMILES string of the molecule is CCc1[c-]c(Cc2ccccc2)c(C)[c-]c1C.[Y].[Y].[Y].[Y]. The molecule has 0 amide bonds. The van der Waals surface area contributed by atoms with Gasteiger partial charge in [0.25, 0.3) is 0 Å². The Morgan fingerprint density at radius 3 is 1.81 bits per heavy atom. The van der Waals surface area contributed by atoms with Crippen LogP contribution in [0.2, 0.25) is 0 Å². The molecular weight excluding hydrogens is 560 g/mol. The van der Waals surface area contributed by atoms with E-state index in [0.29, 0.717) is 0 Å². The summed E-state index contributed by atoms with van der Waals surface area (Å²) in [7, 11) is 0. The minimum absolute atomic E-state index is 0. The zero-order valence-electron chi connectivity index (χ0n) is 13.1. The van der Waals surface area contributed by atoms with E-state index >= 15 is 0 Å². The van der Waals surface area contributed by atoms with Crippen molar-refractivity contribution in [1.82, 2.24) is 0 Å². The Bertz CT molecular complexity index is 510. The Labute approximate surface area is 230 Å². The molecule has 0 atom stereocenters. The molecule has 0 nitrogen and oxygen atoms in total. The maximum Gasteiger partial charge on any atom is 0 e. The van der Waals surface area contributed by atoms with Gasteiger partial charge in [0.2, 0.25) is 0 Å². The van der Waals surface area contributed by atoms with Crippen LogP contribution in [0.15, 0.2) is 30.3 Å². The van der Waals surface area contributed by atoms with E-state index < -0.39 is 0 Å². The van der Waals surface area contributed by atoms with Gasteiger partial charge in [-0.15, -0.1) is 13.8 Å². The molecule has 0 heterocycles. The molecule has 0 N–H and O–H groups in total. The van der Waals surface area contributed by atoms with E-state index in [9.17, 15) is 0 Å². The molecule has 0 bridgehead atoms. The van der Waals surface area contributed by atoms with Crippen LogP contribution in [0.3, 0.4) is 0 Å². The number of rotatable bonds is 3. The van der Waals surface area contributed by atoms with Crippen molar-refractivity contribution in [3.05, 3.63) is 70.3 Å². The van der Waals surface area contributed by atoms with Crippen LogP contribution in [0.1, 0.15) is 34.7 Å². The second-order valence-corrected chi connectivity index (χ2v) is 4.47. The summed E-state index contributed by atoms with van der Waals surface area (Å²) in [6.45, 7) is 6.42. The maximum atomic E-state index is 3.55. The summed E-state index contributed by atoms with van der Waals surface area (Å²) in [5.74, 6) is 0. The topological polar surface area (TPSA) is 0 Å². The molecular formula is C17H18Y4-2. The van der Waals surface area contributed by atoms with Gasteiger partial charge in [-0.25, -0.2) is 0 Å². The van der Waals surface area contributed by atoms with E-state index in [-0.39, 0.29) is 131 Å². The van der Waals surface area contributed by atoms with Crippen LogP contribution in [-0.4, -0.2) is 0 Å². The number of aryl methyl sites for hydroxylation is 3. The monoisotopic (exact) mass is 578 g/mol. The van der Waals surface area contributed by atoms with Crippen molar-refractivity contribution < 1.29 is 131 Å². The molecule has 0 aliphatic carbocycles. The van der Waals surface area contributed by atoms with Crippen molar-refractivity contribution in [2.45, 2.75) is 33.6 Å². The van der Waals surface area contributed by atoms with Crippen LogP contribution in [0, 0.1) is 26.0 Å². The van der Waals surface area contributed by atoms with E-state index in [2.05, 4.69) is 63.2 Å². The van der Waals surface area contributed by atoms with Gasteiger partial charge in [-0.05, 0) is 0 Å². The fraction of sp³-hybridized carbons (Fsp3) is 0.294. The van der Waals surface area contributed by atoms with Crippen LogP contribution < -0.4 is 0 Å². The van der Waals surface area contributed by atoms with E-state index in [1.165, 1.54) is 27.8 Å². The molecule has 4 heteroatoms. The van der Waals surface area contributed by atoms with Gasteiger partial charge in [0.05, 0.1) is 0 Å². The molecule has 0 aliphatic rings. The summed E-state index contributed by atoms with van der Waals surface area (Å²) in [5.41, 5.74) is 6.37. The third-order valence-corrected chi connectivity index (χ3v) is 3.16. The van der Waals surface area contributed by atoms with Crippen molar-refractivity contribution in [3.63, 3.8) is 0 Å². The largest absolute Gasteiger partial charge is 0.312 e. The smallest absolute Gasteiger partial charge is 0 e. The Hall–Kier alpha value is 2.86. The summed E-state index contributed by atoms with van der Waals surface area (Å²) in [4.78, 5) is 0. The van der Waals surface area contributed by atoms with Gasteiger partial charge in [0.1, 0.15) is 0 Å². The average Bonchev–Trinajstić information content (AvgIpc) is 2.34. The molecule has 0 saturated heterocycles. The van der Waals surface area contributed by atoms with Gasteiger partial charge < -0.3 is 12.1 Å². The first-order chi connectivity index (χ1) is 8.20. The van der Waals surface area contributed by atoms with Gasteiger partial charge in [-0.3, -0.25) is 22.3 Å². The van der Waals surface area contributed by atoms with Crippen LogP contribution in [0.25, 0.3) is 0 Å². The summed E-state index contributed by atoms with van der Waals surface area (Å²) in [6.07, 6.45) is 1.99. The van der Waals surface area contributed by atoms with Crippen molar-refractivity contribution in [3.8, 4) is 0 Å². The van der Waals surface area contributed by atoms with E-state index in [1.54, 1.807) is 0 Å². The molecule has 4 radical (unpaired) electrons. The standard InChI is InChI=1S/C17H18.4Y/c1-4-16-12-17(14(3)10-13(16)2)11-15-8-6-5-7-9-15;;;;/h5-9H,4,11H2,1-3H3;;;;/q-2;;;;. The third kappa shape index (κ3) is 9.21. The van der Waals surface area contributed by atoms with Crippen LogP contribution in [-0.2, 0) is 144 Å². The summed E-state index contributed by atoms with van der Waals surface area (Å²) >= 11 is 0. The van der Waals surface area contributed by atoms with Crippen molar-refractivity contribution >= 4 is 0 Å². The fourth-order valence-electron chi connectivity index (χ4n) is 2.13. The maximum absolute atomic E-state index is 3.55. The van der Waals surface area contributed by atoms with E-state index in [4.69, 9.17) is 0 Å². The summed E-state index contributed by atoms with van der Waals surface area (Å²) < 4.78 is 0. The molecule has 2 aromatic carbocycles. The Kier molecular flexibility index (Phi) is 20.7. The van der Waals surface area contributed by atoms with Gasteiger partial charge in [0.15, 0.2) is 0 Å². The molecule has 0 aliphatic heterocycles. The normalized spacial score (nSPS) is 8.52. The molecule has 21 heavy (non-hydrogen) atoms. The number of hydrogen-bond donors (Lipinski definition) is 0. The van der Waals surface area contributed by atoms with Crippen LogP contribution in [0.4, 0.5) is 0 Å². The molecule has 100 valence electrons. The van der Waals surface area contributed by atoms with Gasteiger partial charge in [0, 0.05) is 131 Å². The van der Waals surface area contributed by atoms with Gasteiger partial charge in [-0.1, -0.05) is 55.7 Å². The predicted molar refractivity (Wildman–Crippen MR) is 72.2 cm³/mol. The van der Waals surface area contributed by atoms with Gasteiger partial charge >= 0.3 is 0 Å². The van der Waals surface area contributed by atoms with E-state index in [1.807, 2.05) is 0 Å². The van der Waals surface area contributed by atoms with Crippen molar-refractivity contribution in [2.24, 2.45) is 0 Å². The zero-order chi connectivity index (χ0) is 12.3. The Morgan fingerprint density at radius 1 is 0.762 bits per heavy atom. The summed E-state index contributed by atoms with van der Waals surface area (Å²) in [5, 5.41) is 0. The quantitative estimate of drug-likeness (QED) is 0.483. The zero-order valence-corrected chi connectivity index (χ0v) is 24.5. The van der Waals surface area contributed by atoms with E-state index in [0.717, 1.165) is 12.8 Å². The first-order valence-corrected chi connectivity index (χ1v) is 6.18. The fourth-order valence-corrected chi connectivity index (χ4v) is 2.13. The molecule has 0 aromatic heterocycles. The molecule has 0 spiro atoms. The minimum Gasteiger partial charge on any atom is -0.312 e. The van der Waals surface area contributed by atoms with Crippen molar-refractivity contribution in [2.75, 3.05) is 0 Å². The summed E-state index contributed by atoms with van der Waals surface area (Å²) in [6, 6.07) is 17.6. The first kappa shape index (κ1) is 28.7. The Balaban J connectivity index is -0.000000810. The average molecular weight is 578 g/mol. The Morgan fingerprint density at radius 2 is 1.29 bits per heavy atom. The molecule has 2 aromatic rings. The molecule has 0 fully saturated rings. The third-order valence-electron chi connectivity index (χ3n) is 3.16. The van der Waals surface area contributed by atoms with Crippen LogP contribution >= 0.6 is 0 Å². The first-order valence-electron chi connectivity index (χ1n) is 6.18. The number of hydrogen-bond acceptors (Lipinski definition) is 0. The second kappa shape index (κ2) is 15.1.